The summed E-state index contributed by atoms with van der Waals surface area (Å²) in [5.74, 6) is -1.48. The van der Waals surface area contributed by atoms with E-state index in [-0.39, 0.29) is 6.61 Å². The number of methoxy groups -OCH3 is 2. The largest absolute Gasteiger partial charge is 0.469 e. The maximum absolute atomic E-state index is 12.2. The molecule has 1 saturated heterocycles. The molecule has 0 saturated carbocycles. The summed E-state index contributed by atoms with van der Waals surface area (Å²) in [4.78, 5) is 24.2. The monoisotopic (exact) mass is 288 g/mol. The molecule has 19 heavy (non-hydrogen) atoms. The predicted octanol–water partition coefficient (Wildman–Crippen LogP) is -0.250. The number of carbonyl (C=O) groups is 2. The van der Waals surface area contributed by atoms with Gasteiger partial charge in [0.15, 0.2) is 4.75 Å². The van der Waals surface area contributed by atoms with Crippen LogP contribution >= 0.6 is 11.8 Å². The second-order valence-electron chi connectivity index (χ2n) is 4.26. The molecule has 7 heteroatoms. The number of hydrogen-bond donors (Lipinski definition) is 1. The zero-order valence-corrected chi connectivity index (χ0v) is 11.5. The Labute approximate surface area is 115 Å². The second kappa shape index (κ2) is 5.52. The first-order valence-corrected chi connectivity index (χ1v) is 6.85. The van der Waals surface area contributed by atoms with Crippen LogP contribution in [0.5, 0.6) is 0 Å². The maximum Gasteiger partial charge on any atom is 0.326 e. The Morgan fingerprint density at radius 1 is 1.37 bits per heavy atom. The predicted molar refractivity (Wildman–Crippen MR) is 67.6 cm³/mol. The zero-order chi connectivity index (χ0) is 14.0. The first-order chi connectivity index (χ1) is 9.11. The molecule has 2 aliphatic heterocycles. The normalized spacial score (nSPS) is 35.4. The van der Waals surface area contributed by atoms with Crippen LogP contribution in [0.3, 0.4) is 0 Å². The molecule has 4 unspecified atom stereocenters. The fraction of sp³-hybridized carbons (Fsp3) is 0.667. The van der Waals surface area contributed by atoms with Crippen molar-refractivity contribution >= 4 is 23.7 Å². The molecule has 0 aromatic heterocycles. The quantitative estimate of drug-likeness (QED) is 0.552. The molecule has 106 valence electrons. The number of carbonyl (C=O) groups excluding carboxylic acids is 2. The lowest BCUT2D eigenvalue weighted by atomic mass is 9.82. The summed E-state index contributed by atoms with van der Waals surface area (Å²) in [6.07, 6.45) is 2.49. The van der Waals surface area contributed by atoms with Crippen LogP contribution in [-0.2, 0) is 23.8 Å². The molecule has 2 bridgehead atoms. The van der Waals surface area contributed by atoms with Gasteiger partial charge in [-0.15, -0.1) is 11.8 Å². The first-order valence-electron chi connectivity index (χ1n) is 5.86. The van der Waals surface area contributed by atoms with Crippen LogP contribution in [0.1, 0.15) is 0 Å². The van der Waals surface area contributed by atoms with Crippen molar-refractivity contribution in [3.8, 4) is 0 Å². The van der Waals surface area contributed by atoms with Crippen molar-refractivity contribution in [2.45, 2.75) is 17.0 Å². The van der Waals surface area contributed by atoms with Gasteiger partial charge in [0.25, 0.3) is 0 Å². The van der Waals surface area contributed by atoms with E-state index in [0.717, 1.165) is 0 Å². The van der Waals surface area contributed by atoms with Gasteiger partial charge in [0, 0.05) is 5.75 Å². The topological polar surface area (TPSA) is 82.1 Å². The van der Waals surface area contributed by atoms with E-state index in [4.69, 9.17) is 19.3 Å². The molecule has 4 atom stereocenters. The molecule has 0 aliphatic carbocycles. The van der Waals surface area contributed by atoms with Crippen molar-refractivity contribution in [2.24, 2.45) is 5.92 Å². The molecular weight excluding hydrogens is 272 g/mol. The first kappa shape index (κ1) is 14.4. The number of aliphatic hydroxyl groups excluding tert-OH is 1. The molecule has 6 nitrogen and oxygen atoms in total. The fourth-order valence-electron chi connectivity index (χ4n) is 2.61. The van der Waals surface area contributed by atoms with Crippen LogP contribution in [0.25, 0.3) is 0 Å². The molecule has 0 aromatic rings. The van der Waals surface area contributed by atoms with Gasteiger partial charge >= 0.3 is 11.9 Å². The highest BCUT2D eigenvalue weighted by Crippen LogP contribution is 2.51. The smallest absolute Gasteiger partial charge is 0.326 e. The van der Waals surface area contributed by atoms with Crippen molar-refractivity contribution in [3.05, 3.63) is 12.2 Å². The summed E-state index contributed by atoms with van der Waals surface area (Å²) in [5, 5.41) is 9.00. The lowest BCUT2D eigenvalue weighted by Gasteiger charge is -2.34. The van der Waals surface area contributed by atoms with Gasteiger partial charge in [-0.25, -0.2) is 0 Å². The van der Waals surface area contributed by atoms with Gasteiger partial charge in [-0.1, -0.05) is 12.2 Å². The summed E-state index contributed by atoms with van der Waals surface area (Å²) in [6.45, 7) is -0.0988. The van der Waals surface area contributed by atoms with Crippen molar-refractivity contribution in [1.82, 2.24) is 0 Å². The second-order valence-corrected chi connectivity index (χ2v) is 5.64. The van der Waals surface area contributed by atoms with E-state index in [1.807, 2.05) is 0 Å². The van der Waals surface area contributed by atoms with Crippen LogP contribution in [-0.4, -0.2) is 60.6 Å². The summed E-state index contributed by atoms with van der Waals surface area (Å²) < 4.78 is 14.1. The van der Waals surface area contributed by atoms with E-state index in [2.05, 4.69) is 0 Å². The van der Waals surface area contributed by atoms with Crippen LogP contribution < -0.4 is 0 Å². The highest BCUT2D eigenvalue weighted by Gasteiger charge is 2.66. The van der Waals surface area contributed by atoms with Crippen LogP contribution in [0.15, 0.2) is 12.2 Å². The molecule has 0 spiro atoms. The number of fused-ring (bicyclic) bond motifs is 2. The van der Waals surface area contributed by atoms with E-state index < -0.39 is 34.8 Å². The molecular formula is C12H16O6S. The Balaban J connectivity index is 2.40. The van der Waals surface area contributed by atoms with E-state index >= 15 is 0 Å². The summed E-state index contributed by atoms with van der Waals surface area (Å²) in [7, 11) is 2.55. The van der Waals surface area contributed by atoms with Gasteiger partial charge in [-0.2, -0.15) is 0 Å². The zero-order valence-electron chi connectivity index (χ0n) is 10.7. The highest BCUT2D eigenvalue weighted by atomic mass is 32.2. The summed E-state index contributed by atoms with van der Waals surface area (Å²) in [5.41, 5.74) is 0. The third kappa shape index (κ3) is 2.05. The van der Waals surface area contributed by atoms with E-state index in [9.17, 15) is 9.59 Å². The Morgan fingerprint density at radius 2 is 2.11 bits per heavy atom. The molecule has 2 rings (SSSR count). The van der Waals surface area contributed by atoms with E-state index in [0.29, 0.717) is 5.75 Å². The van der Waals surface area contributed by atoms with Crippen molar-refractivity contribution in [2.75, 3.05) is 26.6 Å². The van der Waals surface area contributed by atoms with Gasteiger partial charge in [0.05, 0.1) is 26.9 Å². The third-order valence-corrected chi connectivity index (χ3v) is 4.90. The minimum atomic E-state index is -1.18. The minimum absolute atomic E-state index is 0.0988. The van der Waals surface area contributed by atoms with Gasteiger partial charge in [0.2, 0.25) is 0 Å². The number of thioether (sulfide) groups is 1. The summed E-state index contributed by atoms with van der Waals surface area (Å²) >= 11 is 1.18. The van der Waals surface area contributed by atoms with Crippen molar-refractivity contribution < 1.29 is 28.9 Å². The van der Waals surface area contributed by atoms with E-state index in [1.165, 1.54) is 26.0 Å². The molecule has 0 radical (unpaired) electrons. The number of esters is 2. The SMILES string of the molecule is COC(=O)C1C2C=CC(O2)C1(SCCO)C(=O)OC. The number of aliphatic hydroxyl groups is 1. The third-order valence-electron chi connectivity index (χ3n) is 3.38. The number of ether oxygens (including phenoxy) is 3. The Hall–Kier alpha value is -1.05. The van der Waals surface area contributed by atoms with Crippen LogP contribution in [0.4, 0.5) is 0 Å². The van der Waals surface area contributed by atoms with Crippen LogP contribution in [0.2, 0.25) is 0 Å². The Bertz CT molecular complexity index is 409. The van der Waals surface area contributed by atoms with Crippen molar-refractivity contribution in [3.63, 3.8) is 0 Å². The Morgan fingerprint density at radius 3 is 2.68 bits per heavy atom. The fourth-order valence-corrected chi connectivity index (χ4v) is 3.95. The lowest BCUT2D eigenvalue weighted by molar-refractivity contribution is -0.154. The van der Waals surface area contributed by atoms with Crippen molar-refractivity contribution in [1.29, 1.82) is 0 Å². The van der Waals surface area contributed by atoms with Gasteiger partial charge in [-0.05, 0) is 0 Å². The molecule has 1 fully saturated rings. The maximum atomic E-state index is 12.2. The molecule has 1 N–H and O–H groups in total. The average Bonchev–Trinajstić information content (AvgIpc) is 3.02. The molecule has 0 aromatic carbocycles. The van der Waals surface area contributed by atoms with Gasteiger partial charge in [-0.3, -0.25) is 9.59 Å². The lowest BCUT2D eigenvalue weighted by Crippen LogP contribution is -2.53. The molecule has 2 aliphatic rings. The minimum Gasteiger partial charge on any atom is -0.469 e. The average molecular weight is 288 g/mol. The number of hydrogen-bond acceptors (Lipinski definition) is 7. The molecule has 0 amide bonds. The summed E-state index contributed by atoms with van der Waals surface area (Å²) in [6, 6.07) is 0. The Kier molecular flexibility index (Phi) is 4.17. The van der Waals surface area contributed by atoms with Gasteiger partial charge in [0.1, 0.15) is 12.0 Å². The standard InChI is InChI=1S/C12H16O6S/c1-16-10(14)9-7-3-4-8(18-7)12(9,11(15)17-2)19-6-5-13/h3-4,7-9,13H,5-6H2,1-2H3. The van der Waals surface area contributed by atoms with Crippen LogP contribution in [0, 0.1) is 5.92 Å². The number of rotatable bonds is 5. The highest BCUT2D eigenvalue weighted by molar-refractivity contribution is 8.01. The van der Waals surface area contributed by atoms with E-state index in [1.54, 1.807) is 12.2 Å². The van der Waals surface area contributed by atoms with Gasteiger partial charge < -0.3 is 19.3 Å². The molecule has 2 heterocycles.